The molecule has 4 heteroatoms. The minimum absolute atomic E-state index is 0.00583. The monoisotopic (exact) mass is 516 g/mol. The predicted octanol–water partition coefficient (Wildman–Crippen LogP) is 7.36. The van der Waals surface area contributed by atoms with Crippen molar-refractivity contribution in [3.63, 3.8) is 0 Å². The first kappa shape index (κ1) is 25.8. The average Bonchev–Trinajstić information content (AvgIpc) is 2.88. The largest absolute Gasteiger partial charge is 0.508 e. The van der Waals surface area contributed by atoms with Gasteiger partial charge < -0.3 is 14.9 Å². The van der Waals surface area contributed by atoms with Gasteiger partial charge >= 0.3 is 5.97 Å². The van der Waals surface area contributed by atoms with Gasteiger partial charge in [0.1, 0.15) is 11.5 Å². The van der Waals surface area contributed by atoms with E-state index in [1.54, 1.807) is 6.07 Å². The number of fused-ring (bicyclic) bond motifs is 6. The molecule has 2 aromatic rings. The van der Waals surface area contributed by atoms with Crippen molar-refractivity contribution in [1.82, 2.24) is 0 Å². The second-order valence-electron chi connectivity index (χ2n) is 14.1. The van der Waals surface area contributed by atoms with Gasteiger partial charge in [0.2, 0.25) is 0 Å². The smallest absolute Gasteiger partial charge is 0.312 e. The number of carbonyl (C=O) groups is 1. The van der Waals surface area contributed by atoms with E-state index in [1.165, 1.54) is 22.3 Å². The van der Waals surface area contributed by atoms with Crippen molar-refractivity contribution >= 4 is 5.97 Å². The van der Waals surface area contributed by atoms with E-state index in [0.717, 1.165) is 64.2 Å². The zero-order chi connectivity index (χ0) is 26.9. The molecule has 6 atom stereocenters. The fourth-order valence-corrected chi connectivity index (χ4v) is 9.84. The number of hydrogen-bond acceptors (Lipinski definition) is 4. The van der Waals surface area contributed by atoms with E-state index in [4.69, 9.17) is 4.74 Å². The Hall–Kier alpha value is -2.49. The van der Waals surface area contributed by atoms with Crippen molar-refractivity contribution in [3.8, 4) is 11.5 Å². The standard InChI is InChI=1S/C34H44O4/c1-31(15-5-16-32(2)26-19-24(35)11-7-22(26)9-13-28(31)32)21-38-30(37)34(4)18-6-17-33(3)27-20-25(36)12-8-23(27)10-14-29(33)34/h7-8,11-12,19-20,28-29,35-36H,5-6,9-10,13-18,21H2,1-4H3/t28-,29+,31+,32+,33+,34-/m0/s1. The lowest BCUT2D eigenvalue weighted by atomic mass is 9.49. The molecule has 0 heterocycles. The number of phenolic OH excluding ortho intramolecular Hbond substituents is 2. The summed E-state index contributed by atoms with van der Waals surface area (Å²) >= 11 is 0. The highest BCUT2D eigenvalue weighted by Gasteiger charge is 2.57. The molecule has 4 nitrogen and oxygen atoms in total. The average molecular weight is 517 g/mol. The van der Waals surface area contributed by atoms with Crippen molar-refractivity contribution in [2.45, 2.75) is 103 Å². The summed E-state index contributed by atoms with van der Waals surface area (Å²) in [6, 6.07) is 11.7. The van der Waals surface area contributed by atoms with Gasteiger partial charge in [0, 0.05) is 5.41 Å². The van der Waals surface area contributed by atoms with Gasteiger partial charge in [-0.05, 0) is 127 Å². The first-order valence-corrected chi connectivity index (χ1v) is 14.8. The van der Waals surface area contributed by atoms with Crippen LogP contribution in [-0.2, 0) is 33.2 Å². The fourth-order valence-electron chi connectivity index (χ4n) is 9.84. The van der Waals surface area contributed by atoms with E-state index >= 15 is 0 Å². The molecule has 204 valence electrons. The van der Waals surface area contributed by atoms with Gasteiger partial charge in [-0.3, -0.25) is 4.79 Å². The molecule has 0 aromatic heterocycles. The Balaban J connectivity index is 1.24. The van der Waals surface area contributed by atoms with Crippen LogP contribution in [0.1, 0.15) is 101 Å². The van der Waals surface area contributed by atoms with E-state index < -0.39 is 5.41 Å². The Kier molecular flexibility index (Phi) is 5.94. The summed E-state index contributed by atoms with van der Waals surface area (Å²) in [5.74, 6) is 1.26. The minimum atomic E-state index is -0.518. The number of esters is 1. The van der Waals surface area contributed by atoms with Crippen molar-refractivity contribution in [2.24, 2.45) is 22.7 Å². The number of hydrogen-bond donors (Lipinski definition) is 2. The van der Waals surface area contributed by atoms with Crippen molar-refractivity contribution in [1.29, 1.82) is 0 Å². The molecule has 4 aliphatic rings. The number of phenols is 2. The van der Waals surface area contributed by atoms with Crippen molar-refractivity contribution < 1.29 is 19.7 Å². The molecule has 0 saturated heterocycles. The molecule has 6 rings (SSSR count). The highest BCUT2D eigenvalue weighted by molar-refractivity contribution is 5.77. The van der Waals surface area contributed by atoms with Gasteiger partial charge in [-0.2, -0.15) is 0 Å². The molecule has 0 aliphatic heterocycles. The molecule has 4 aliphatic carbocycles. The minimum Gasteiger partial charge on any atom is -0.508 e. The van der Waals surface area contributed by atoms with Crippen molar-refractivity contribution in [3.05, 3.63) is 58.7 Å². The molecular formula is C34H44O4. The Morgan fingerprint density at radius 3 is 1.92 bits per heavy atom. The molecule has 0 radical (unpaired) electrons. The first-order chi connectivity index (χ1) is 18.0. The second-order valence-corrected chi connectivity index (χ2v) is 14.1. The summed E-state index contributed by atoms with van der Waals surface area (Å²) in [4.78, 5) is 14.1. The third-order valence-corrected chi connectivity index (χ3v) is 11.8. The quantitative estimate of drug-likeness (QED) is 0.418. The van der Waals surface area contributed by atoms with E-state index in [0.29, 0.717) is 24.0 Å². The Morgan fingerprint density at radius 2 is 1.32 bits per heavy atom. The van der Waals surface area contributed by atoms with Crippen LogP contribution in [0.25, 0.3) is 0 Å². The first-order valence-electron chi connectivity index (χ1n) is 14.8. The summed E-state index contributed by atoms with van der Waals surface area (Å²) in [5, 5.41) is 20.6. The van der Waals surface area contributed by atoms with Gasteiger partial charge in [0.15, 0.2) is 0 Å². The molecule has 2 aromatic carbocycles. The molecule has 0 unspecified atom stereocenters. The number of benzene rings is 2. The van der Waals surface area contributed by atoms with Crippen LogP contribution in [-0.4, -0.2) is 22.8 Å². The zero-order valence-electron chi connectivity index (χ0n) is 23.6. The summed E-state index contributed by atoms with van der Waals surface area (Å²) in [6.45, 7) is 9.64. The van der Waals surface area contributed by atoms with Gasteiger partial charge in [-0.25, -0.2) is 0 Å². The number of carbonyl (C=O) groups excluding carboxylic acids is 1. The highest BCUT2D eigenvalue weighted by Crippen LogP contribution is 2.60. The van der Waals surface area contributed by atoms with Crippen LogP contribution in [0.2, 0.25) is 0 Å². The zero-order valence-corrected chi connectivity index (χ0v) is 23.6. The van der Waals surface area contributed by atoms with Crippen LogP contribution < -0.4 is 0 Å². The lowest BCUT2D eigenvalue weighted by Gasteiger charge is -2.56. The Bertz CT molecular complexity index is 1270. The summed E-state index contributed by atoms with van der Waals surface area (Å²) in [7, 11) is 0. The van der Waals surface area contributed by atoms with Crippen LogP contribution in [0.4, 0.5) is 0 Å². The van der Waals surface area contributed by atoms with Gasteiger partial charge in [0.05, 0.1) is 12.0 Å². The number of ether oxygens (including phenoxy) is 1. The van der Waals surface area contributed by atoms with Gasteiger partial charge in [-0.1, -0.05) is 45.7 Å². The van der Waals surface area contributed by atoms with Gasteiger partial charge in [0.25, 0.3) is 0 Å². The van der Waals surface area contributed by atoms with Crippen LogP contribution in [0, 0.1) is 22.7 Å². The molecule has 2 saturated carbocycles. The van der Waals surface area contributed by atoms with Crippen molar-refractivity contribution in [2.75, 3.05) is 6.61 Å². The lowest BCUT2D eigenvalue weighted by Crippen LogP contribution is -2.54. The van der Waals surface area contributed by atoms with E-state index in [1.807, 2.05) is 18.2 Å². The van der Waals surface area contributed by atoms with Gasteiger partial charge in [-0.15, -0.1) is 0 Å². The third-order valence-electron chi connectivity index (χ3n) is 11.8. The number of aryl methyl sites for hydroxylation is 2. The maximum atomic E-state index is 14.1. The van der Waals surface area contributed by atoms with E-state index in [9.17, 15) is 15.0 Å². The number of aromatic hydroxyl groups is 2. The SMILES string of the molecule is C[C@]1(COC(=O)[C@@]2(C)CCC[C@]3(C)c4cc(O)ccc4CC[C@@H]23)CCC[C@]2(C)c3cc(O)ccc3CC[C@@H]12. The normalized spacial score (nSPS) is 37.8. The van der Waals surface area contributed by atoms with Crippen LogP contribution >= 0.6 is 0 Å². The molecule has 0 spiro atoms. The summed E-state index contributed by atoms with van der Waals surface area (Å²) in [5.41, 5.74) is 4.48. The molecule has 0 amide bonds. The lowest BCUT2D eigenvalue weighted by molar-refractivity contribution is -0.171. The summed E-state index contributed by atoms with van der Waals surface area (Å²) in [6.07, 6.45) is 10.2. The maximum absolute atomic E-state index is 14.1. The van der Waals surface area contributed by atoms with E-state index in [2.05, 4.69) is 39.8 Å². The number of rotatable bonds is 3. The third kappa shape index (κ3) is 3.72. The Morgan fingerprint density at radius 1 is 0.789 bits per heavy atom. The summed E-state index contributed by atoms with van der Waals surface area (Å²) < 4.78 is 6.40. The highest BCUT2D eigenvalue weighted by atomic mass is 16.5. The molecule has 0 bridgehead atoms. The van der Waals surface area contributed by atoms with Crippen LogP contribution in [0.5, 0.6) is 11.5 Å². The molecular weight excluding hydrogens is 472 g/mol. The van der Waals surface area contributed by atoms with E-state index in [-0.39, 0.29) is 28.1 Å². The molecule has 2 fully saturated rings. The van der Waals surface area contributed by atoms with Crippen LogP contribution in [0.3, 0.4) is 0 Å². The van der Waals surface area contributed by atoms with Crippen LogP contribution in [0.15, 0.2) is 36.4 Å². The predicted molar refractivity (Wildman–Crippen MR) is 149 cm³/mol. The topological polar surface area (TPSA) is 66.8 Å². The molecule has 2 N–H and O–H groups in total. The second kappa shape index (κ2) is 8.76. The fraction of sp³-hybridized carbons (Fsp3) is 0.618. The molecule has 38 heavy (non-hydrogen) atoms. The maximum Gasteiger partial charge on any atom is 0.312 e. The Labute approximate surface area is 227 Å².